The molecule has 2 aromatic carbocycles. The van der Waals surface area contributed by atoms with E-state index in [1.165, 1.54) is 26.2 Å². The number of carbonyl (C=O) groups is 1. The first-order chi connectivity index (χ1) is 12.9. The smallest absolute Gasteiger partial charge is 0.267 e. The summed E-state index contributed by atoms with van der Waals surface area (Å²) in [4.78, 5) is 12.5. The van der Waals surface area contributed by atoms with Gasteiger partial charge in [0.2, 0.25) is 10.0 Å². The molecule has 0 unspecified atom stereocenters. The average Bonchev–Trinajstić information content (AvgIpc) is 2.65. The zero-order valence-corrected chi connectivity index (χ0v) is 18.0. The van der Waals surface area contributed by atoms with Gasteiger partial charge >= 0.3 is 0 Å². The molecule has 0 atom stereocenters. The summed E-state index contributed by atoms with van der Waals surface area (Å²) >= 11 is 0. The summed E-state index contributed by atoms with van der Waals surface area (Å²) in [6.07, 6.45) is 0. The minimum absolute atomic E-state index is 0.0238. The Labute approximate surface area is 167 Å². The highest BCUT2D eigenvalue weighted by molar-refractivity contribution is 7.89. The van der Waals surface area contributed by atoms with Crippen LogP contribution < -0.4 is 5.43 Å². The van der Waals surface area contributed by atoms with Gasteiger partial charge < -0.3 is 0 Å². The van der Waals surface area contributed by atoms with Crippen molar-refractivity contribution in [2.45, 2.75) is 38.0 Å². The van der Waals surface area contributed by atoms with Gasteiger partial charge in [0.1, 0.15) is 0 Å². The first-order valence-electron chi connectivity index (χ1n) is 8.91. The second-order valence-corrected chi connectivity index (χ2v) is 9.93. The van der Waals surface area contributed by atoms with Crippen molar-refractivity contribution in [1.29, 1.82) is 0 Å². The zero-order chi connectivity index (χ0) is 21.1. The van der Waals surface area contributed by atoms with Crippen LogP contribution in [0.1, 0.15) is 49.2 Å². The Kier molecular flexibility index (Phi) is 6.41. The van der Waals surface area contributed by atoms with Crippen molar-refractivity contribution >= 4 is 21.6 Å². The van der Waals surface area contributed by atoms with Gasteiger partial charge in [-0.25, -0.2) is 18.1 Å². The van der Waals surface area contributed by atoms with Crippen molar-refractivity contribution in [2.75, 3.05) is 14.1 Å². The predicted octanol–water partition coefficient (Wildman–Crippen LogP) is 3.39. The van der Waals surface area contributed by atoms with Crippen molar-refractivity contribution in [2.24, 2.45) is 5.10 Å². The van der Waals surface area contributed by atoms with Gasteiger partial charge in [-0.05, 0) is 47.7 Å². The number of hydrazone groups is 1. The maximum absolute atomic E-state index is 12.3. The maximum Gasteiger partial charge on any atom is 0.271 e. The van der Waals surface area contributed by atoms with Gasteiger partial charge in [0.15, 0.2) is 0 Å². The normalized spacial score (nSPS) is 12.9. The van der Waals surface area contributed by atoms with Crippen LogP contribution in [-0.2, 0) is 15.4 Å². The summed E-state index contributed by atoms with van der Waals surface area (Å²) in [5, 5.41) is 4.13. The topological polar surface area (TPSA) is 78.8 Å². The molecule has 0 aliphatic heterocycles. The molecule has 0 aliphatic rings. The van der Waals surface area contributed by atoms with Crippen LogP contribution in [0.5, 0.6) is 0 Å². The average molecular weight is 402 g/mol. The van der Waals surface area contributed by atoms with E-state index in [4.69, 9.17) is 0 Å². The fourth-order valence-electron chi connectivity index (χ4n) is 2.46. The standard InChI is InChI=1S/C21H27N3O3S/c1-15(16-9-13-19(14-10-16)28(26,27)24(5)6)22-23-20(25)17-7-11-18(12-8-17)21(2,3)4/h7-14H,1-6H3,(H,23,25)/b22-15-. The molecule has 0 aromatic heterocycles. The molecule has 7 heteroatoms. The molecular weight excluding hydrogens is 374 g/mol. The van der Waals surface area contributed by atoms with Crippen molar-refractivity contribution < 1.29 is 13.2 Å². The van der Waals surface area contributed by atoms with Crippen LogP contribution in [0.4, 0.5) is 0 Å². The summed E-state index contributed by atoms with van der Waals surface area (Å²) in [6.45, 7) is 8.10. The van der Waals surface area contributed by atoms with E-state index in [0.717, 1.165) is 15.4 Å². The van der Waals surface area contributed by atoms with E-state index in [1.54, 1.807) is 31.2 Å². The summed E-state index contributed by atoms with van der Waals surface area (Å²) in [7, 11) is -0.500. The third-order valence-electron chi connectivity index (χ3n) is 4.39. The van der Waals surface area contributed by atoms with Crippen molar-refractivity contribution in [1.82, 2.24) is 9.73 Å². The van der Waals surface area contributed by atoms with Crippen molar-refractivity contribution in [3.8, 4) is 0 Å². The van der Waals surface area contributed by atoms with Gasteiger partial charge in [0.05, 0.1) is 10.6 Å². The Bertz CT molecular complexity index is 969. The summed E-state index contributed by atoms with van der Waals surface area (Å²) in [5.41, 5.74) is 5.54. The molecule has 0 saturated carbocycles. The number of hydrogen-bond acceptors (Lipinski definition) is 4. The molecule has 0 spiro atoms. The van der Waals surface area contributed by atoms with Crippen LogP contribution in [0, 0.1) is 0 Å². The van der Waals surface area contributed by atoms with E-state index < -0.39 is 10.0 Å². The Morgan fingerprint density at radius 1 is 0.929 bits per heavy atom. The van der Waals surface area contributed by atoms with Gasteiger partial charge in [-0.15, -0.1) is 0 Å². The lowest BCUT2D eigenvalue weighted by atomic mass is 9.87. The first-order valence-corrected chi connectivity index (χ1v) is 10.3. The second kappa shape index (κ2) is 8.24. The molecule has 2 rings (SSSR count). The highest BCUT2D eigenvalue weighted by Gasteiger charge is 2.17. The van der Waals surface area contributed by atoms with E-state index in [-0.39, 0.29) is 16.2 Å². The Balaban J connectivity index is 2.10. The molecule has 0 radical (unpaired) electrons. The summed E-state index contributed by atoms with van der Waals surface area (Å²) < 4.78 is 25.4. The number of nitrogens with one attached hydrogen (secondary N) is 1. The number of benzene rings is 2. The molecule has 28 heavy (non-hydrogen) atoms. The number of hydrogen-bond donors (Lipinski definition) is 1. The molecule has 6 nitrogen and oxygen atoms in total. The molecule has 0 heterocycles. The van der Waals surface area contributed by atoms with E-state index in [1.807, 2.05) is 12.1 Å². The molecule has 1 amide bonds. The van der Waals surface area contributed by atoms with Gasteiger partial charge in [-0.3, -0.25) is 4.79 Å². The van der Waals surface area contributed by atoms with Gasteiger partial charge in [0.25, 0.3) is 5.91 Å². The first kappa shape index (κ1) is 21.8. The molecule has 0 saturated heterocycles. The van der Waals surface area contributed by atoms with E-state index in [9.17, 15) is 13.2 Å². The zero-order valence-electron chi connectivity index (χ0n) is 17.1. The van der Waals surface area contributed by atoms with E-state index >= 15 is 0 Å². The van der Waals surface area contributed by atoms with E-state index in [0.29, 0.717) is 11.3 Å². The summed E-state index contributed by atoms with van der Waals surface area (Å²) in [5.74, 6) is -0.299. The Morgan fingerprint density at radius 3 is 1.89 bits per heavy atom. The third kappa shape index (κ3) is 5.05. The van der Waals surface area contributed by atoms with Gasteiger partial charge in [-0.2, -0.15) is 5.10 Å². The molecule has 0 fully saturated rings. The minimum atomic E-state index is -3.47. The molecular formula is C21H27N3O3S. The Hall–Kier alpha value is -2.51. The van der Waals surface area contributed by atoms with Crippen LogP contribution in [0.25, 0.3) is 0 Å². The molecule has 0 bridgehead atoms. The molecule has 0 aliphatic carbocycles. The number of amides is 1. The fourth-order valence-corrected chi connectivity index (χ4v) is 3.37. The predicted molar refractivity (Wildman–Crippen MR) is 112 cm³/mol. The number of sulfonamides is 1. The highest BCUT2D eigenvalue weighted by atomic mass is 32.2. The van der Waals surface area contributed by atoms with Crippen LogP contribution in [0.3, 0.4) is 0 Å². The minimum Gasteiger partial charge on any atom is -0.267 e. The van der Waals surface area contributed by atoms with Crippen LogP contribution >= 0.6 is 0 Å². The summed E-state index contributed by atoms with van der Waals surface area (Å²) in [6, 6.07) is 13.8. The van der Waals surface area contributed by atoms with Crippen LogP contribution in [0.2, 0.25) is 0 Å². The van der Waals surface area contributed by atoms with Crippen molar-refractivity contribution in [3.05, 3.63) is 65.2 Å². The largest absolute Gasteiger partial charge is 0.271 e. The number of rotatable bonds is 5. The molecule has 1 N–H and O–H groups in total. The van der Waals surface area contributed by atoms with Crippen LogP contribution in [0.15, 0.2) is 58.5 Å². The molecule has 150 valence electrons. The SMILES string of the molecule is C/C(=N/NC(=O)c1ccc(C(C)(C)C)cc1)c1ccc(S(=O)(=O)N(C)C)cc1. The Morgan fingerprint density at radius 2 is 1.43 bits per heavy atom. The third-order valence-corrected chi connectivity index (χ3v) is 6.22. The van der Waals surface area contributed by atoms with E-state index in [2.05, 4.69) is 31.3 Å². The monoisotopic (exact) mass is 401 g/mol. The highest BCUT2D eigenvalue weighted by Crippen LogP contribution is 2.22. The van der Waals surface area contributed by atoms with Gasteiger partial charge in [-0.1, -0.05) is 45.0 Å². The fraction of sp³-hybridized carbons (Fsp3) is 0.333. The lowest BCUT2D eigenvalue weighted by Gasteiger charge is -2.18. The lowest BCUT2D eigenvalue weighted by Crippen LogP contribution is -2.22. The van der Waals surface area contributed by atoms with Gasteiger partial charge in [0, 0.05) is 19.7 Å². The quantitative estimate of drug-likeness (QED) is 0.616. The molecule has 2 aromatic rings. The second-order valence-electron chi connectivity index (χ2n) is 7.78. The van der Waals surface area contributed by atoms with Crippen LogP contribution in [-0.4, -0.2) is 38.4 Å². The lowest BCUT2D eigenvalue weighted by molar-refractivity contribution is 0.0954. The van der Waals surface area contributed by atoms with Crippen molar-refractivity contribution in [3.63, 3.8) is 0 Å². The maximum atomic E-state index is 12.3. The number of carbonyl (C=O) groups excluding carboxylic acids is 1. The number of nitrogens with zero attached hydrogens (tertiary/aromatic N) is 2.